The van der Waals surface area contributed by atoms with E-state index in [0.717, 1.165) is 12.3 Å². The van der Waals surface area contributed by atoms with Crippen molar-refractivity contribution in [2.75, 3.05) is 0 Å². The monoisotopic (exact) mass is 280 g/mol. The lowest BCUT2D eigenvalue weighted by Gasteiger charge is -2.09. The van der Waals surface area contributed by atoms with Crippen molar-refractivity contribution in [3.8, 4) is 0 Å². The van der Waals surface area contributed by atoms with Gasteiger partial charge in [0.05, 0.1) is 0 Å². The molecule has 2 unspecified atom stereocenters. The second-order valence-electron chi connectivity index (χ2n) is 4.37. The van der Waals surface area contributed by atoms with Crippen molar-refractivity contribution in [2.45, 2.75) is 12.3 Å². The molecule has 0 aromatic heterocycles. The maximum atomic E-state index is 14.1. The van der Waals surface area contributed by atoms with E-state index in [1.165, 1.54) is 18.2 Å². The maximum absolute atomic E-state index is 14.1. The van der Waals surface area contributed by atoms with Gasteiger partial charge in [-0.15, -0.1) is 0 Å². The normalized spacial score (nSPS) is 15.0. The quantitative estimate of drug-likeness (QED) is 0.848. The molecule has 0 radical (unpaired) electrons. The van der Waals surface area contributed by atoms with Crippen LogP contribution in [0.15, 0.2) is 36.4 Å². The van der Waals surface area contributed by atoms with Crippen LogP contribution in [-0.4, -0.2) is 10.8 Å². The van der Waals surface area contributed by atoms with E-state index < -0.39 is 19.3 Å². The highest BCUT2D eigenvalue weighted by molar-refractivity contribution is 7.39. The van der Waals surface area contributed by atoms with Gasteiger partial charge in [0.1, 0.15) is 0 Å². The minimum atomic E-state index is -3.00. The van der Waals surface area contributed by atoms with Crippen molar-refractivity contribution in [2.24, 2.45) is 5.73 Å². The molecule has 1 amide bonds. The van der Waals surface area contributed by atoms with Crippen LogP contribution in [0.4, 0.5) is 4.39 Å². The zero-order valence-corrected chi connectivity index (χ0v) is 11.0. The first-order valence-corrected chi connectivity index (χ1v) is 6.73. The lowest BCUT2D eigenvalue weighted by atomic mass is 10.0. The number of nitrogens with two attached hydrogens (primary N) is 1. The summed E-state index contributed by atoms with van der Waals surface area (Å²) >= 11 is 0. The third-order valence-electron chi connectivity index (χ3n) is 3.01. The third kappa shape index (κ3) is 2.48. The molecule has 0 bridgehead atoms. The van der Waals surface area contributed by atoms with Gasteiger partial charge in [-0.25, -0.2) is 0 Å². The van der Waals surface area contributed by atoms with Crippen LogP contribution < -0.4 is 5.73 Å². The summed E-state index contributed by atoms with van der Waals surface area (Å²) in [6, 6.07) is 9.33. The highest BCUT2D eigenvalue weighted by Crippen LogP contribution is 2.46. The first-order chi connectivity index (χ1) is 8.82. The molecule has 0 saturated heterocycles. The molecule has 19 heavy (non-hydrogen) atoms. The van der Waals surface area contributed by atoms with E-state index in [1.807, 2.05) is 0 Å². The molecule has 6 heteroatoms. The van der Waals surface area contributed by atoms with Crippen LogP contribution in [0, 0.1) is 0 Å². The van der Waals surface area contributed by atoms with E-state index in [9.17, 15) is 13.8 Å². The molecule has 4 nitrogen and oxygen atoms in total. The summed E-state index contributed by atoms with van der Waals surface area (Å²) < 4.78 is 25.1. The Kier molecular flexibility index (Phi) is 3.35. The number of amides is 1. The van der Waals surface area contributed by atoms with Gasteiger partial charge in [-0.05, 0) is 33.5 Å². The highest BCUT2D eigenvalue weighted by Gasteiger charge is 2.46. The Morgan fingerprint density at radius 1 is 1.26 bits per heavy atom. The van der Waals surface area contributed by atoms with Crippen molar-refractivity contribution in [3.05, 3.63) is 47.5 Å². The van der Waals surface area contributed by atoms with Crippen LogP contribution >= 0.6 is 8.03 Å². The van der Waals surface area contributed by atoms with Crippen molar-refractivity contribution < 1.29 is 18.6 Å². The van der Waals surface area contributed by atoms with E-state index in [1.54, 1.807) is 18.2 Å². The van der Waals surface area contributed by atoms with E-state index in [-0.39, 0.29) is 5.56 Å². The maximum Gasteiger partial charge on any atom is 0.550 e. The van der Waals surface area contributed by atoms with Gasteiger partial charge in [0.2, 0.25) is 5.91 Å². The van der Waals surface area contributed by atoms with Gasteiger partial charge in [-0.2, -0.15) is 9.28 Å². The highest BCUT2D eigenvalue weighted by atomic mass is 31.1. The van der Waals surface area contributed by atoms with Crippen LogP contribution in [-0.2, 0) is 9.97 Å². The first kappa shape index (κ1) is 13.6. The molecule has 2 rings (SSSR count). The largest absolute Gasteiger partial charge is 0.550 e. The van der Waals surface area contributed by atoms with Crippen molar-refractivity contribution >= 4 is 24.7 Å². The Morgan fingerprint density at radius 3 is 2.47 bits per heavy atom. The molecule has 0 fully saturated rings. The predicted molar refractivity (Wildman–Crippen MR) is 70.8 cm³/mol. The number of benzene rings is 2. The number of hydrogen-bond acceptors (Lipinski definition) is 2. The Labute approximate surface area is 109 Å². The lowest BCUT2D eigenvalue weighted by molar-refractivity contribution is 0.100. The fourth-order valence-corrected chi connectivity index (χ4v) is 2.15. The molecule has 3 N–H and O–H groups in total. The number of primary amides is 1. The smallest absolute Gasteiger partial charge is 0.366 e. The standard InChI is InChI=1S/C13H11FNO3P/c1-13(14,19(17)18)11-5-4-8-2-3-9(12(15)16)6-10(8)7-11/h2-7H,1H3,(H2-,15,16,17,18)/p+1. The average molecular weight is 280 g/mol. The number of hydrogen-bond donors (Lipinski definition) is 2. The van der Waals surface area contributed by atoms with Crippen LogP contribution in [0.3, 0.4) is 0 Å². The van der Waals surface area contributed by atoms with E-state index in [0.29, 0.717) is 10.9 Å². The SMILES string of the molecule is CC(F)(c1ccc2ccc(C(N)=O)cc2c1)[P+](=O)O. The first-order valence-electron chi connectivity index (χ1n) is 5.51. The average Bonchev–Trinajstić information content (AvgIpc) is 2.37. The number of fused-ring (bicyclic) bond motifs is 1. The summed E-state index contributed by atoms with van der Waals surface area (Å²) in [4.78, 5) is 20.1. The predicted octanol–water partition coefficient (Wildman–Crippen LogP) is 2.82. The molecule has 0 saturated carbocycles. The van der Waals surface area contributed by atoms with Crippen LogP contribution in [0.2, 0.25) is 0 Å². The van der Waals surface area contributed by atoms with Crippen molar-refractivity contribution in [1.82, 2.24) is 0 Å². The molecule has 0 aliphatic rings. The molecule has 0 aliphatic carbocycles. The lowest BCUT2D eigenvalue weighted by Crippen LogP contribution is -2.11. The second kappa shape index (κ2) is 4.68. The van der Waals surface area contributed by atoms with Gasteiger partial charge in [-0.3, -0.25) is 4.79 Å². The fraction of sp³-hybridized carbons (Fsp3) is 0.154. The second-order valence-corrected chi connectivity index (χ2v) is 5.75. The molecule has 0 aliphatic heterocycles. The zero-order chi connectivity index (χ0) is 14.2. The Hall–Kier alpha value is -1.84. The zero-order valence-electron chi connectivity index (χ0n) is 10.1. The van der Waals surface area contributed by atoms with Gasteiger partial charge in [0.25, 0.3) is 0 Å². The molecule has 98 valence electrons. The van der Waals surface area contributed by atoms with Crippen LogP contribution in [0.1, 0.15) is 22.8 Å². The van der Waals surface area contributed by atoms with E-state index in [4.69, 9.17) is 10.6 Å². The van der Waals surface area contributed by atoms with Crippen molar-refractivity contribution in [3.63, 3.8) is 0 Å². The summed E-state index contributed by atoms with van der Waals surface area (Å²) in [6.45, 7) is 1.05. The fourth-order valence-electron chi connectivity index (χ4n) is 1.79. The minimum Gasteiger partial charge on any atom is -0.366 e. The van der Waals surface area contributed by atoms with Crippen LogP contribution in [0.25, 0.3) is 10.8 Å². The Bertz CT molecular complexity index is 685. The summed E-state index contributed by atoms with van der Waals surface area (Å²) in [6.07, 6.45) is 0. The Morgan fingerprint density at radius 2 is 1.89 bits per heavy atom. The summed E-state index contributed by atoms with van der Waals surface area (Å²) in [5, 5.41) is -0.945. The minimum absolute atomic E-state index is 0.0882. The topological polar surface area (TPSA) is 80.4 Å². The number of carbonyl (C=O) groups excluding carboxylic acids is 1. The summed E-state index contributed by atoms with van der Waals surface area (Å²) in [5.41, 5.74) is 5.57. The summed E-state index contributed by atoms with van der Waals surface area (Å²) in [5.74, 6) is -0.580. The molecular weight excluding hydrogens is 268 g/mol. The van der Waals surface area contributed by atoms with Crippen molar-refractivity contribution in [1.29, 1.82) is 0 Å². The molecule has 2 aromatic carbocycles. The number of alkyl halides is 1. The van der Waals surface area contributed by atoms with Gasteiger partial charge in [0.15, 0.2) is 0 Å². The molecule has 2 atom stereocenters. The molecular formula is C13H12FNO3P+. The number of halogens is 1. The summed E-state index contributed by atoms with van der Waals surface area (Å²) in [7, 11) is -3.00. The molecule has 0 spiro atoms. The number of rotatable bonds is 3. The van der Waals surface area contributed by atoms with E-state index in [2.05, 4.69) is 0 Å². The van der Waals surface area contributed by atoms with Gasteiger partial charge in [-0.1, -0.05) is 18.2 Å². The van der Waals surface area contributed by atoms with Gasteiger partial charge in [0, 0.05) is 18.1 Å². The molecule has 2 aromatic rings. The Balaban J connectivity index is 2.62. The third-order valence-corrected chi connectivity index (χ3v) is 3.99. The van der Waals surface area contributed by atoms with E-state index >= 15 is 0 Å². The van der Waals surface area contributed by atoms with Gasteiger partial charge < -0.3 is 5.73 Å². The number of carbonyl (C=O) groups is 1. The molecule has 0 heterocycles. The van der Waals surface area contributed by atoms with Gasteiger partial charge >= 0.3 is 13.4 Å². The van der Waals surface area contributed by atoms with Crippen LogP contribution in [0.5, 0.6) is 0 Å².